The molecule has 6 nitrogen and oxygen atoms in total. The third-order valence-electron chi connectivity index (χ3n) is 6.38. The highest BCUT2D eigenvalue weighted by Crippen LogP contribution is 2.34. The lowest BCUT2D eigenvalue weighted by molar-refractivity contribution is -0.132. The lowest BCUT2D eigenvalue weighted by Crippen LogP contribution is -2.27. The second kappa shape index (κ2) is 12.8. The van der Waals surface area contributed by atoms with E-state index in [2.05, 4.69) is 68.3 Å². The van der Waals surface area contributed by atoms with Crippen LogP contribution in [-0.4, -0.2) is 17.7 Å². The molecule has 6 heteroatoms. The summed E-state index contributed by atoms with van der Waals surface area (Å²) in [5, 5.41) is 10.5. The number of carboxylic acid groups (broad SMARTS) is 1. The summed E-state index contributed by atoms with van der Waals surface area (Å²) < 4.78 is 0. The van der Waals surface area contributed by atoms with Crippen molar-refractivity contribution < 1.29 is 9.90 Å². The number of hydrogen-bond donors (Lipinski definition) is 1. The van der Waals surface area contributed by atoms with Gasteiger partial charge in [0.2, 0.25) is 0 Å². The van der Waals surface area contributed by atoms with E-state index in [0.29, 0.717) is 16.3 Å². The monoisotopic (exact) mass is 534 g/mol. The molecule has 0 aliphatic carbocycles. The van der Waals surface area contributed by atoms with Gasteiger partial charge in [-0.25, -0.2) is 4.85 Å². The first-order valence-corrected chi connectivity index (χ1v) is 13.0. The molecule has 198 valence electrons. The van der Waals surface area contributed by atoms with Gasteiger partial charge < -0.3 is 10.0 Å². The molecule has 0 atom stereocenters. The molecule has 0 aromatic heterocycles. The summed E-state index contributed by atoms with van der Waals surface area (Å²) in [5.74, 6) is -1.26. The molecular formula is C35H26N4O2. The van der Waals surface area contributed by atoms with Crippen LogP contribution in [0.5, 0.6) is 0 Å². The van der Waals surface area contributed by atoms with Crippen molar-refractivity contribution in [1.82, 2.24) is 0 Å². The summed E-state index contributed by atoms with van der Waals surface area (Å²) in [6, 6.07) is 32.7. The zero-order chi connectivity index (χ0) is 28.4. The second-order valence-electron chi connectivity index (χ2n) is 9.05. The molecule has 0 spiro atoms. The number of nitrogens with zero attached hydrogens (tertiary/aromatic N) is 4. The first-order chi connectivity index (χ1) is 20.1. The fourth-order valence-corrected chi connectivity index (χ4v) is 4.45. The number of anilines is 3. The molecule has 1 N–H and O–H groups in total. The minimum Gasteiger partial charge on any atom is -0.486 e. The second-order valence-corrected chi connectivity index (χ2v) is 9.05. The standard InChI is InChI=1S/C35H26N4O2/c1-36-32(35(40)41)24-28-21-20-27(33-34(28)38-25-37-33)13-7-3-2-6-12-26-18-22-31(23-19-26)39(29-14-8-4-9-15-29)30-16-10-5-11-17-30/h2-24H,25H2,(H,40,41)/b3-2+,12-6+,13-7+,32-24-. The van der Waals surface area contributed by atoms with Crippen molar-refractivity contribution in [2.24, 2.45) is 9.98 Å². The van der Waals surface area contributed by atoms with E-state index in [4.69, 9.17) is 11.7 Å². The summed E-state index contributed by atoms with van der Waals surface area (Å²) in [7, 11) is 0. The van der Waals surface area contributed by atoms with E-state index in [9.17, 15) is 4.79 Å². The van der Waals surface area contributed by atoms with Gasteiger partial charge in [-0.2, -0.15) is 0 Å². The third kappa shape index (κ3) is 6.44. The molecule has 0 unspecified atom stereocenters. The minimum atomic E-state index is -1.26. The molecule has 1 heterocycles. The van der Waals surface area contributed by atoms with Crippen molar-refractivity contribution >= 4 is 41.3 Å². The van der Waals surface area contributed by atoms with Crippen LogP contribution in [0.25, 0.3) is 23.1 Å². The van der Waals surface area contributed by atoms with Crippen molar-refractivity contribution in [3.05, 3.63) is 166 Å². The molecule has 0 fully saturated rings. The number of hydrogen-bond acceptors (Lipinski definition) is 4. The Morgan fingerprint density at radius 3 is 1.83 bits per heavy atom. The van der Waals surface area contributed by atoms with Crippen molar-refractivity contribution in [2.45, 2.75) is 0 Å². The van der Waals surface area contributed by atoms with Crippen LogP contribution in [0, 0.1) is 6.57 Å². The molecule has 0 saturated carbocycles. The summed E-state index contributed by atoms with van der Waals surface area (Å²) in [4.78, 5) is 25.3. The predicted octanol–water partition coefficient (Wildman–Crippen LogP) is 6.99. The summed E-state index contributed by atoms with van der Waals surface area (Å²) in [6.45, 7) is 7.35. The van der Waals surface area contributed by atoms with Crippen LogP contribution in [0.2, 0.25) is 0 Å². The Morgan fingerprint density at radius 2 is 1.24 bits per heavy atom. The Hall–Kier alpha value is -5.80. The van der Waals surface area contributed by atoms with Gasteiger partial charge in [-0.1, -0.05) is 97.1 Å². The summed E-state index contributed by atoms with van der Waals surface area (Å²) in [6.07, 6.45) is 13.1. The molecule has 4 aromatic rings. The fourth-order valence-electron chi connectivity index (χ4n) is 4.45. The largest absolute Gasteiger partial charge is 0.486 e. The number of rotatable bonds is 9. The molecular weight excluding hydrogens is 508 g/mol. The van der Waals surface area contributed by atoms with Gasteiger partial charge in [0.1, 0.15) is 6.67 Å². The number of allylic oxidation sites excluding steroid dienone is 4. The Bertz CT molecular complexity index is 1790. The number of carboxylic acids is 1. The van der Waals surface area contributed by atoms with Crippen LogP contribution >= 0.6 is 0 Å². The van der Waals surface area contributed by atoms with Crippen LogP contribution < -0.4 is 15.6 Å². The molecule has 0 radical (unpaired) electrons. The van der Waals surface area contributed by atoms with E-state index in [-0.39, 0.29) is 12.4 Å². The van der Waals surface area contributed by atoms with E-state index >= 15 is 0 Å². The average Bonchev–Trinajstić information content (AvgIpc) is 3.51. The topological polar surface area (TPSA) is 69.6 Å². The smallest absolute Gasteiger partial charge is 0.333 e. The maximum atomic E-state index is 11.2. The van der Waals surface area contributed by atoms with E-state index in [0.717, 1.165) is 28.2 Å². The first kappa shape index (κ1) is 26.8. The minimum absolute atomic E-state index is 0.285. The molecule has 5 rings (SSSR count). The zero-order valence-electron chi connectivity index (χ0n) is 22.1. The van der Waals surface area contributed by atoms with Gasteiger partial charge in [0.25, 0.3) is 5.70 Å². The van der Waals surface area contributed by atoms with Crippen LogP contribution in [-0.2, 0) is 4.79 Å². The highest BCUT2D eigenvalue weighted by Gasteiger charge is 2.12. The predicted molar refractivity (Wildman–Crippen MR) is 164 cm³/mol. The third-order valence-corrected chi connectivity index (χ3v) is 6.38. The SMILES string of the molecule is [C-]#[N+]/C(=C\c1ccc(/C=C/C=C/C=C/c2ccc(N(c3ccccc3)c3ccccc3)cc2)c2c1=NCN=2)C(=O)O. The molecule has 41 heavy (non-hydrogen) atoms. The maximum absolute atomic E-state index is 11.2. The maximum Gasteiger partial charge on any atom is 0.333 e. The number of aliphatic carboxylic acids is 1. The van der Waals surface area contributed by atoms with E-state index < -0.39 is 5.97 Å². The average molecular weight is 535 g/mol. The molecule has 4 aromatic carbocycles. The number of fused-ring (bicyclic) bond motifs is 1. The number of benzene rings is 4. The van der Waals surface area contributed by atoms with Crippen molar-refractivity contribution in [3.63, 3.8) is 0 Å². The van der Waals surface area contributed by atoms with Gasteiger partial charge >= 0.3 is 5.97 Å². The van der Waals surface area contributed by atoms with Crippen LogP contribution in [0.4, 0.5) is 17.1 Å². The Balaban J connectivity index is 1.27. The summed E-state index contributed by atoms with van der Waals surface area (Å²) >= 11 is 0. The van der Waals surface area contributed by atoms with Crippen LogP contribution in [0.15, 0.2) is 137 Å². The van der Waals surface area contributed by atoms with E-state index in [1.54, 1.807) is 6.07 Å². The van der Waals surface area contributed by atoms with Gasteiger partial charge in [-0.15, -0.1) is 0 Å². The van der Waals surface area contributed by atoms with Gasteiger partial charge in [-0.05, 0) is 53.6 Å². The van der Waals surface area contributed by atoms with Crippen molar-refractivity contribution in [2.75, 3.05) is 11.6 Å². The normalized spacial score (nSPS) is 12.7. The molecule has 1 aliphatic heterocycles. The molecule has 0 saturated heterocycles. The summed E-state index contributed by atoms with van der Waals surface area (Å²) in [5.41, 5.74) is 5.47. The number of carbonyl (C=O) groups is 1. The quantitative estimate of drug-likeness (QED) is 0.143. The van der Waals surface area contributed by atoms with Gasteiger partial charge in [0.15, 0.2) is 0 Å². The van der Waals surface area contributed by atoms with E-state index in [1.165, 1.54) is 6.08 Å². The molecule has 1 aliphatic rings. The van der Waals surface area contributed by atoms with Crippen LogP contribution in [0.3, 0.4) is 0 Å². The highest BCUT2D eigenvalue weighted by molar-refractivity contribution is 5.94. The van der Waals surface area contributed by atoms with Gasteiger partial charge in [0.05, 0.1) is 17.3 Å². The van der Waals surface area contributed by atoms with Crippen molar-refractivity contribution in [1.29, 1.82) is 0 Å². The Labute approximate surface area is 238 Å². The van der Waals surface area contributed by atoms with Crippen LogP contribution in [0.1, 0.15) is 16.7 Å². The number of para-hydroxylation sites is 2. The zero-order valence-corrected chi connectivity index (χ0v) is 22.1. The van der Waals surface area contributed by atoms with E-state index in [1.807, 2.05) is 78.9 Å². The molecule has 0 amide bonds. The first-order valence-electron chi connectivity index (χ1n) is 13.0. The van der Waals surface area contributed by atoms with Crippen molar-refractivity contribution in [3.8, 4) is 0 Å². The Kier molecular flexibility index (Phi) is 8.39. The fraction of sp³-hybridized carbons (Fsp3) is 0.0286. The van der Waals surface area contributed by atoms with Gasteiger partial charge in [0, 0.05) is 22.6 Å². The van der Waals surface area contributed by atoms with Gasteiger partial charge in [-0.3, -0.25) is 14.8 Å². The lowest BCUT2D eigenvalue weighted by atomic mass is 10.1. The Morgan fingerprint density at radius 1 is 0.707 bits per heavy atom. The molecule has 0 bridgehead atoms. The lowest BCUT2D eigenvalue weighted by Gasteiger charge is -2.25. The highest BCUT2D eigenvalue weighted by atomic mass is 16.4.